The fourth-order valence-electron chi connectivity index (χ4n) is 1.29. The maximum absolute atomic E-state index is 9.77. The monoisotopic (exact) mass is 194 g/mol. The second-order valence-corrected chi connectivity index (χ2v) is 4.10. The summed E-state index contributed by atoms with van der Waals surface area (Å²) in [6.07, 6.45) is 0. The van der Waals surface area contributed by atoms with Crippen LogP contribution in [0.25, 0.3) is 10.2 Å². The molecule has 0 bridgehead atoms. The summed E-state index contributed by atoms with van der Waals surface area (Å²) in [7, 11) is 0. The van der Waals surface area contributed by atoms with Gasteiger partial charge in [0.1, 0.15) is 5.75 Å². The van der Waals surface area contributed by atoms with Crippen molar-refractivity contribution >= 4 is 26.7 Å². The number of thiazole rings is 1. The number of hydrogen-bond donors (Lipinski definition) is 2. The lowest BCUT2D eigenvalue weighted by Gasteiger charge is -2.02. The average Bonchev–Trinajstić information content (AvgIpc) is 2.42. The lowest BCUT2D eigenvalue weighted by atomic mass is 10.1. The third-order valence-electron chi connectivity index (χ3n) is 2.18. The van der Waals surface area contributed by atoms with Crippen LogP contribution in [0.2, 0.25) is 0 Å². The molecule has 0 radical (unpaired) electrons. The maximum atomic E-state index is 9.77. The molecule has 1 aromatic carbocycles. The normalized spacial score (nSPS) is 10.9. The number of fused-ring (bicyclic) bond motifs is 1. The minimum atomic E-state index is 0.309. The quantitative estimate of drug-likeness (QED) is 0.676. The number of nitrogen functional groups attached to an aromatic ring is 1. The average molecular weight is 194 g/mol. The van der Waals surface area contributed by atoms with Crippen LogP contribution in [-0.2, 0) is 0 Å². The molecular weight excluding hydrogens is 184 g/mol. The van der Waals surface area contributed by atoms with Crippen LogP contribution in [0.1, 0.15) is 11.1 Å². The Bertz CT molecular complexity index is 476. The number of nitrogens with zero attached hydrogens (tertiary/aromatic N) is 1. The van der Waals surface area contributed by atoms with E-state index >= 15 is 0 Å². The van der Waals surface area contributed by atoms with Crippen molar-refractivity contribution in [3.63, 3.8) is 0 Å². The summed E-state index contributed by atoms with van der Waals surface area (Å²) in [5.74, 6) is 0.309. The van der Waals surface area contributed by atoms with E-state index in [-0.39, 0.29) is 0 Å². The van der Waals surface area contributed by atoms with Gasteiger partial charge in [-0.3, -0.25) is 0 Å². The number of phenols is 1. The van der Waals surface area contributed by atoms with Gasteiger partial charge in [-0.25, -0.2) is 4.98 Å². The Morgan fingerprint density at radius 1 is 1.46 bits per heavy atom. The first-order valence-electron chi connectivity index (χ1n) is 3.95. The summed E-state index contributed by atoms with van der Waals surface area (Å²) in [6.45, 7) is 3.84. The Hall–Kier alpha value is -1.29. The first kappa shape index (κ1) is 8.31. The summed E-state index contributed by atoms with van der Waals surface area (Å²) in [5, 5.41) is 10.3. The van der Waals surface area contributed by atoms with Crippen molar-refractivity contribution in [3.8, 4) is 5.75 Å². The molecule has 0 atom stereocenters. The number of aromatic nitrogens is 1. The van der Waals surface area contributed by atoms with Gasteiger partial charge in [0.05, 0.1) is 10.2 Å². The zero-order valence-corrected chi connectivity index (χ0v) is 8.27. The number of phenolic OH excluding ortho intramolecular Hbond substituents is 1. The van der Waals surface area contributed by atoms with Crippen LogP contribution >= 0.6 is 11.3 Å². The third kappa shape index (κ3) is 1.14. The molecular formula is C9H10N2OS. The van der Waals surface area contributed by atoms with Crippen molar-refractivity contribution in [2.75, 3.05) is 5.73 Å². The van der Waals surface area contributed by atoms with Crippen LogP contribution in [0.15, 0.2) is 6.07 Å². The molecule has 2 rings (SSSR count). The molecule has 0 aliphatic heterocycles. The molecule has 0 unspecified atom stereocenters. The van der Waals surface area contributed by atoms with Crippen molar-refractivity contribution in [3.05, 3.63) is 17.2 Å². The molecule has 1 heterocycles. The van der Waals surface area contributed by atoms with Gasteiger partial charge in [-0.15, -0.1) is 0 Å². The van der Waals surface area contributed by atoms with Gasteiger partial charge < -0.3 is 10.8 Å². The second kappa shape index (κ2) is 2.60. The molecule has 0 fully saturated rings. The van der Waals surface area contributed by atoms with E-state index in [0.29, 0.717) is 10.9 Å². The highest BCUT2D eigenvalue weighted by Crippen LogP contribution is 2.35. The zero-order valence-electron chi connectivity index (χ0n) is 7.46. The SMILES string of the molecule is Cc1cc2nc(N)sc2c(O)c1C. The molecule has 0 spiro atoms. The largest absolute Gasteiger partial charge is 0.506 e. The molecule has 68 valence electrons. The van der Waals surface area contributed by atoms with Gasteiger partial charge in [0.15, 0.2) is 5.13 Å². The van der Waals surface area contributed by atoms with E-state index in [2.05, 4.69) is 4.98 Å². The number of rotatable bonds is 0. The third-order valence-corrected chi connectivity index (χ3v) is 3.09. The number of aromatic hydroxyl groups is 1. The number of benzene rings is 1. The highest BCUT2D eigenvalue weighted by molar-refractivity contribution is 7.22. The highest BCUT2D eigenvalue weighted by Gasteiger charge is 2.10. The summed E-state index contributed by atoms with van der Waals surface area (Å²) >= 11 is 1.32. The summed E-state index contributed by atoms with van der Waals surface area (Å²) in [5.41, 5.74) is 8.27. The zero-order chi connectivity index (χ0) is 9.59. The summed E-state index contributed by atoms with van der Waals surface area (Å²) in [6, 6.07) is 1.94. The molecule has 0 aliphatic carbocycles. The second-order valence-electron chi connectivity index (χ2n) is 3.07. The molecule has 1 aromatic heterocycles. The van der Waals surface area contributed by atoms with E-state index in [1.807, 2.05) is 19.9 Å². The fraction of sp³-hybridized carbons (Fsp3) is 0.222. The fourth-order valence-corrected chi connectivity index (χ4v) is 2.10. The Morgan fingerprint density at radius 3 is 2.85 bits per heavy atom. The molecule has 3 N–H and O–H groups in total. The predicted octanol–water partition coefficient (Wildman–Crippen LogP) is 2.20. The topological polar surface area (TPSA) is 59.1 Å². The number of hydrogen-bond acceptors (Lipinski definition) is 4. The van der Waals surface area contributed by atoms with Crippen LogP contribution in [0.3, 0.4) is 0 Å². The summed E-state index contributed by atoms with van der Waals surface area (Å²) in [4.78, 5) is 4.11. The number of anilines is 1. The van der Waals surface area contributed by atoms with E-state index in [9.17, 15) is 5.11 Å². The molecule has 0 amide bonds. The molecule has 2 aromatic rings. The Kier molecular flexibility index (Phi) is 1.66. The Morgan fingerprint density at radius 2 is 2.15 bits per heavy atom. The maximum Gasteiger partial charge on any atom is 0.181 e. The first-order chi connectivity index (χ1) is 6.09. The van der Waals surface area contributed by atoms with Crippen molar-refractivity contribution in [2.24, 2.45) is 0 Å². The van der Waals surface area contributed by atoms with Gasteiger partial charge in [-0.2, -0.15) is 0 Å². The van der Waals surface area contributed by atoms with Crippen molar-refractivity contribution in [2.45, 2.75) is 13.8 Å². The van der Waals surface area contributed by atoms with Crippen LogP contribution in [0, 0.1) is 13.8 Å². The van der Waals surface area contributed by atoms with E-state index in [4.69, 9.17) is 5.73 Å². The minimum absolute atomic E-state index is 0.309. The van der Waals surface area contributed by atoms with E-state index in [0.717, 1.165) is 21.3 Å². The van der Waals surface area contributed by atoms with E-state index in [1.165, 1.54) is 11.3 Å². The van der Waals surface area contributed by atoms with Gasteiger partial charge in [0.2, 0.25) is 0 Å². The standard InChI is InChI=1S/C9H10N2OS/c1-4-3-6-8(7(12)5(4)2)13-9(10)11-6/h3,12H,1-2H3,(H2,10,11). The highest BCUT2D eigenvalue weighted by atomic mass is 32.1. The van der Waals surface area contributed by atoms with Gasteiger partial charge >= 0.3 is 0 Å². The number of aryl methyl sites for hydroxylation is 1. The van der Waals surface area contributed by atoms with E-state index < -0.39 is 0 Å². The van der Waals surface area contributed by atoms with Crippen LogP contribution in [-0.4, -0.2) is 10.1 Å². The Balaban J connectivity index is 2.92. The van der Waals surface area contributed by atoms with Gasteiger partial charge in [0, 0.05) is 0 Å². The van der Waals surface area contributed by atoms with Crippen LogP contribution in [0.4, 0.5) is 5.13 Å². The van der Waals surface area contributed by atoms with Crippen LogP contribution in [0.5, 0.6) is 5.75 Å². The van der Waals surface area contributed by atoms with E-state index in [1.54, 1.807) is 0 Å². The van der Waals surface area contributed by atoms with Crippen molar-refractivity contribution in [1.82, 2.24) is 4.98 Å². The van der Waals surface area contributed by atoms with Crippen LogP contribution < -0.4 is 5.73 Å². The van der Waals surface area contributed by atoms with Gasteiger partial charge in [-0.1, -0.05) is 11.3 Å². The lowest BCUT2D eigenvalue weighted by molar-refractivity contribution is 0.478. The number of nitrogens with two attached hydrogens (primary N) is 1. The molecule has 0 saturated heterocycles. The Labute approximate surface area is 79.8 Å². The van der Waals surface area contributed by atoms with Crippen molar-refractivity contribution in [1.29, 1.82) is 0 Å². The molecule has 13 heavy (non-hydrogen) atoms. The predicted molar refractivity (Wildman–Crippen MR) is 55.2 cm³/mol. The van der Waals surface area contributed by atoms with Gasteiger partial charge in [0.25, 0.3) is 0 Å². The first-order valence-corrected chi connectivity index (χ1v) is 4.76. The molecule has 3 nitrogen and oxygen atoms in total. The lowest BCUT2D eigenvalue weighted by Crippen LogP contribution is -1.82. The van der Waals surface area contributed by atoms with Crippen molar-refractivity contribution < 1.29 is 5.11 Å². The minimum Gasteiger partial charge on any atom is -0.506 e. The molecule has 0 aliphatic rings. The summed E-state index contributed by atoms with van der Waals surface area (Å²) < 4.78 is 0.778. The molecule has 0 saturated carbocycles. The smallest absolute Gasteiger partial charge is 0.181 e. The van der Waals surface area contributed by atoms with Gasteiger partial charge in [-0.05, 0) is 31.0 Å². The molecule has 4 heteroatoms.